The molecular weight excluding hydrogens is 492 g/mol. The molecule has 5 N–H and O–H groups in total. The standard InChI is InChI=1S/C24H28ClF2N7O2/c25-13-8-17(26)20(18(27)9-13)32-24-31-19-11-29-23(30-14-2-1-3-16(35)10-14)33-22(19)34(24)15-6-4-12(5-7-15)21(28)36/h8-9,11-12,14-16,35H,1-7,10H2,(H2,28,36)(H,31,32)(H,29,30,33)/t12-,14-,15+,16+/m0/s1. The van der Waals surface area contributed by atoms with Gasteiger partial charge in [0.15, 0.2) is 17.3 Å². The minimum absolute atomic E-state index is 0.0448. The van der Waals surface area contributed by atoms with Crippen LogP contribution in [-0.4, -0.2) is 42.7 Å². The largest absolute Gasteiger partial charge is 0.393 e. The summed E-state index contributed by atoms with van der Waals surface area (Å²) in [4.78, 5) is 25.3. The van der Waals surface area contributed by atoms with Gasteiger partial charge in [0.1, 0.15) is 11.2 Å². The van der Waals surface area contributed by atoms with E-state index < -0.39 is 11.6 Å². The van der Waals surface area contributed by atoms with E-state index in [0.29, 0.717) is 49.2 Å². The Morgan fingerprint density at radius 1 is 1.11 bits per heavy atom. The second-order valence-electron chi connectivity index (χ2n) is 9.65. The lowest BCUT2D eigenvalue weighted by molar-refractivity contribution is -0.122. The minimum atomic E-state index is -0.847. The van der Waals surface area contributed by atoms with Crippen molar-refractivity contribution in [3.63, 3.8) is 0 Å². The molecule has 0 saturated heterocycles. The number of carbonyl (C=O) groups is 1. The fourth-order valence-corrected chi connectivity index (χ4v) is 5.46. The summed E-state index contributed by atoms with van der Waals surface area (Å²) < 4.78 is 31.0. The highest BCUT2D eigenvalue weighted by Gasteiger charge is 2.30. The van der Waals surface area contributed by atoms with Crippen molar-refractivity contribution in [1.29, 1.82) is 0 Å². The molecule has 192 valence electrons. The molecule has 1 aromatic carbocycles. The molecule has 2 aromatic heterocycles. The maximum absolute atomic E-state index is 14.6. The first-order valence-electron chi connectivity index (χ1n) is 12.2. The van der Waals surface area contributed by atoms with Gasteiger partial charge in [-0.3, -0.25) is 9.36 Å². The number of fused-ring (bicyclic) bond motifs is 1. The monoisotopic (exact) mass is 519 g/mol. The molecule has 36 heavy (non-hydrogen) atoms. The first-order valence-corrected chi connectivity index (χ1v) is 12.6. The summed E-state index contributed by atoms with van der Waals surface area (Å²) in [5.74, 6) is -1.61. The maximum atomic E-state index is 14.6. The molecule has 2 saturated carbocycles. The van der Waals surface area contributed by atoms with E-state index in [0.717, 1.165) is 31.4 Å². The Labute approximate surface area is 211 Å². The number of anilines is 3. The SMILES string of the molecule is NC(=O)[C@H]1CC[C@@H](n2c(Nc3c(F)cc(Cl)cc3F)nc3cnc(N[C@H]4CCC[C@@H](O)C4)nc32)CC1. The summed E-state index contributed by atoms with van der Waals surface area (Å²) in [5.41, 5.74) is 6.10. The summed E-state index contributed by atoms with van der Waals surface area (Å²) in [6.07, 6.45) is 6.86. The third kappa shape index (κ3) is 5.08. The normalized spacial score (nSPS) is 24.6. The van der Waals surface area contributed by atoms with E-state index in [-0.39, 0.29) is 46.7 Å². The number of aliphatic hydroxyl groups excluding tert-OH is 1. The van der Waals surface area contributed by atoms with Crippen molar-refractivity contribution in [3.05, 3.63) is 35.0 Å². The second kappa shape index (κ2) is 10.1. The number of aromatic nitrogens is 4. The third-order valence-electron chi connectivity index (χ3n) is 7.12. The molecule has 0 unspecified atom stereocenters. The number of nitrogens with one attached hydrogen (secondary N) is 2. The fourth-order valence-electron chi connectivity index (χ4n) is 5.26. The van der Waals surface area contributed by atoms with Crippen LogP contribution in [0.1, 0.15) is 57.4 Å². The molecule has 2 aliphatic carbocycles. The van der Waals surface area contributed by atoms with Crippen LogP contribution in [0.3, 0.4) is 0 Å². The first kappa shape index (κ1) is 24.6. The van der Waals surface area contributed by atoms with Crippen LogP contribution in [0.25, 0.3) is 11.2 Å². The van der Waals surface area contributed by atoms with Crippen LogP contribution in [0.15, 0.2) is 18.3 Å². The van der Waals surface area contributed by atoms with E-state index in [1.54, 1.807) is 6.20 Å². The Morgan fingerprint density at radius 2 is 1.83 bits per heavy atom. The molecule has 2 aliphatic rings. The van der Waals surface area contributed by atoms with Gasteiger partial charge in [0.2, 0.25) is 17.8 Å². The highest BCUT2D eigenvalue weighted by molar-refractivity contribution is 6.30. The zero-order valence-electron chi connectivity index (χ0n) is 19.6. The van der Waals surface area contributed by atoms with Crippen molar-refractivity contribution >= 4 is 46.3 Å². The number of hydrogen-bond acceptors (Lipinski definition) is 7. The summed E-state index contributed by atoms with van der Waals surface area (Å²) >= 11 is 5.78. The zero-order chi connectivity index (χ0) is 25.4. The van der Waals surface area contributed by atoms with E-state index in [2.05, 4.69) is 20.6 Å². The third-order valence-corrected chi connectivity index (χ3v) is 7.34. The number of halogens is 3. The average molecular weight is 520 g/mol. The van der Waals surface area contributed by atoms with E-state index in [1.165, 1.54) is 0 Å². The zero-order valence-corrected chi connectivity index (χ0v) is 20.3. The molecule has 0 aliphatic heterocycles. The fraction of sp³-hybridized carbons (Fsp3) is 0.500. The molecule has 5 rings (SSSR count). The summed E-state index contributed by atoms with van der Waals surface area (Å²) in [6, 6.07) is 1.98. The second-order valence-corrected chi connectivity index (χ2v) is 10.1. The van der Waals surface area contributed by atoms with Gasteiger partial charge in [-0.1, -0.05) is 11.6 Å². The molecule has 2 heterocycles. The molecule has 0 spiro atoms. The van der Waals surface area contributed by atoms with E-state index in [4.69, 9.17) is 22.3 Å². The smallest absolute Gasteiger partial charge is 0.224 e. The molecule has 3 aromatic rings. The topological polar surface area (TPSA) is 131 Å². The molecule has 2 atom stereocenters. The van der Waals surface area contributed by atoms with Gasteiger partial charge >= 0.3 is 0 Å². The van der Waals surface area contributed by atoms with E-state index >= 15 is 0 Å². The van der Waals surface area contributed by atoms with Crippen LogP contribution in [-0.2, 0) is 4.79 Å². The number of imidazole rings is 1. The Bertz CT molecular complexity index is 1260. The Hall–Kier alpha value is -3.05. The number of aliphatic hydroxyl groups is 1. The van der Waals surface area contributed by atoms with Crippen molar-refractivity contribution in [1.82, 2.24) is 19.5 Å². The van der Waals surface area contributed by atoms with Crippen LogP contribution in [0.4, 0.5) is 26.4 Å². The van der Waals surface area contributed by atoms with E-state index in [1.807, 2.05) is 4.57 Å². The van der Waals surface area contributed by atoms with Crippen molar-refractivity contribution in [3.8, 4) is 0 Å². The maximum Gasteiger partial charge on any atom is 0.224 e. The van der Waals surface area contributed by atoms with Crippen molar-refractivity contribution < 1.29 is 18.7 Å². The average Bonchev–Trinajstić information content (AvgIpc) is 3.18. The van der Waals surface area contributed by atoms with Gasteiger partial charge in [-0.25, -0.2) is 18.7 Å². The van der Waals surface area contributed by atoms with E-state index in [9.17, 15) is 18.7 Å². The van der Waals surface area contributed by atoms with Crippen LogP contribution in [0.5, 0.6) is 0 Å². The Kier molecular flexibility index (Phi) is 6.94. The number of nitrogens with zero attached hydrogens (tertiary/aromatic N) is 4. The highest BCUT2D eigenvalue weighted by Crippen LogP contribution is 2.38. The van der Waals surface area contributed by atoms with Crippen molar-refractivity contribution in [2.24, 2.45) is 11.7 Å². The number of benzene rings is 1. The molecule has 12 heteroatoms. The molecular formula is C24H28ClF2N7O2. The number of primary amides is 1. The molecule has 0 radical (unpaired) electrons. The van der Waals surface area contributed by atoms with Gasteiger partial charge in [-0.2, -0.15) is 4.98 Å². The van der Waals surface area contributed by atoms with Crippen molar-refractivity contribution in [2.75, 3.05) is 10.6 Å². The lowest BCUT2D eigenvalue weighted by Crippen LogP contribution is -2.30. The predicted octanol–water partition coefficient (Wildman–Crippen LogP) is 4.43. The Balaban J connectivity index is 1.51. The Morgan fingerprint density at radius 3 is 2.50 bits per heavy atom. The van der Waals surface area contributed by atoms with Gasteiger partial charge in [0.05, 0.1) is 12.3 Å². The van der Waals surface area contributed by atoms with Crippen LogP contribution < -0.4 is 16.4 Å². The predicted molar refractivity (Wildman–Crippen MR) is 132 cm³/mol. The van der Waals surface area contributed by atoms with Gasteiger partial charge < -0.3 is 21.5 Å². The molecule has 9 nitrogen and oxygen atoms in total. The summed E-state index contributed by atoms with van der Waals surface area (Å²) in [7, 11) is 0. The highest BCUT2D eigenvalue weighted by atomic mass is 35.5. The van der Waals surface area contributed by atoms with Gasteiger partial charge in [-0.05, 0) is 63.5 Å². The lowest BCUT2D eigenvalue weighted by atomic mass is 9.85. The molecule has 0 bridgehead atoms. The first-order chi connectivity index (χ1) is 17.3. The van der Waals surface area contributed by atoms with Crippen LogP contribution in [0.2, 0.25) is 5.02 Å². The van der Waals surface area contributed by atoms with Crippen LogP contribution >= 0.6 is 11.6 Å². The number of amides is 1. The van der Waals surface area contributed by atoms with Crippen molar-refractivity contribution in [2.45, 2.75) is 69.6 Å². The summed E-state index contributed by atoms with van der Waals surface area (Å²) in [5, 5.41) is 16.0. The molecule has 2 fully saturated rings. The summed E-state index contributed by atoms with van der Waals surface area (Å²) in [6.45, 7) is 0. The number of rotatable bonds is 6. The number of nitrogens with two attached hydrogens (primary N) is 1. The lowest BCUT2D eigenvalue weighted by Gasteiger charge is -2.29. The minimum Gasteiger partial charge on any atom is -0.393 e. The molecule has 1 amide bonds. The van der Waals surface area contributed by atoms with Gasteiger partial charge in [0, 0.05) is 23.0 Å². The quantitative estimate of drug-likeness (QED) is 0.379. The van der Waals surface area contributed by atoms with Crippen LogP contribution in [0, 0.1) is 17.6 Å². The number of carbonyl (C=O) groups excluding carboxylic acids is 1. The number of hydrogen-bond donors (Lipinski definition) is 4. The van der Waals surface area contributed by atoms with Gasteiger partial charge in [-0.15, -0.1) is 0 Å². The van der Waals surface area contributed by atoms with Gasteiger partial charge in [0.25, 0.3) is 0 Å².